The number of alkyl carbamates (subject to hydrolysis) is 1. The van der Waals surface area contributed by atoms with Gasteiger partial charge in [0.1, 0.15) is 12.6 Å². The van der Waals surface area contributed by atoms with Crippen molar-refractivity contribution in [3.63, 3.8) is 0 Å². The normalized spacial score (nSPS) is 28.0. The molecule has 0 saturated carbocycles. The molecule has 5 rings (SSSR count). The van der Waals surface area contributed by atoms with E-state index in [4.69, 9.17) is 39.5 Å². The van der Waals surface area contributed by atoms with Crippen LogP contribution in [0.2, 0.25) is 0 Å². The Morgan fingerprint density at radius 3 is 2.57 bits per heavy atom. The number of hydrogen-bond donors (Lipinski definition) is 6. The van der Waals surface area contributed by atoms with E-state index in [1.165, 1.54) is 4.90 Å². The molecule has 1 aromatic carbocycles. The number of rotatable bonds is 5. The maximum Gasteiger partial charge on any atom is 0.414 e. The lowest BCUT2D eigenvalue weighted by molar-refractivity contribution is -0.231. The third-order valence-corrected chi connectivity index (χ3v) is 7.91. The van der Waals surface area contributed by atoms with Crippen LogP contribution in [0.1, 0.15) is 28.8 Å². The molecule has 14 nitrogen and oxygen atoms in total. The van der Waals surface area contributed by atoms with Crippen molar-refractivity contribution in [2.24, 2.45) is 4.99 Å². The van der Waals surface area contributed by atoms with Gasteiger partial charge in [-0.25, -0.2) is 9.79 Å². The molecule has 1 aromatic rings. The summed E-state index contributed by atoms with van der Waals surface area (Å²) in [5, 5.41) is 34.6. The molecule has 0 radical (unpaired) electrons. The second kappa shape index (κ2) is 10.8. The summed E-state index contributed by atoms with van der Waals surface area (Å²) in [4.78, 5) is 57.7. The number of guanidine groups is 1. The first-order valence-corrected chi connectivity index (χ1v) is 14.0. The molecule has 6 N–H and O–H groups in total. The van der Waals surface area contributed by atoms with Gasteiger partial charge >= 0.3 is 6.09 Å². The van der Waals surface area contributed by atoms with Gasteiger partial charge in [-0.1, -0.05) is 59.1 Å². The second-order valence-corrected chi connectivity index (χ2v) is 13.0. The van der Waals surface area contributed by atoms with Gasteiger partial charge < -0.3 is 35.8 Å². The van der Waals surface area contributed by atoms with Crippen LogP contribution in [0.25, 0.3) is 0 Å². The van der Waals surface area contributed by atoms with Crippen molar-refractivity contribution in [3.05, 3.63) is 47.8 Å². The number of amides is 4. The summed E-state index contributed by atoms with van der Waals surface area (Å²) < 4.78 is 3.08. The minimum Gasteiger partial charge on any atom is -0.445 e. The van der Waals surface area contributed by atoms with E-state index in [0.29, 0.717) is 0 Å². The first-order valence-electron chi connectivity index (χ1n) is 12.9. The van der Waals surface area contributed by atoms with Crippen molar-refractivity contribution in [2.45, 2.75) is 53.1 Å². The quantitative estimate of drug-likeness (QED) is 0.143. The lowest BCUT2D eigenvalue weighted by Crippen LogP contribution is -2.78. The number of benzene rings is 1. The van der Waals surface area contributed by atoms with Gasteiger partial charge in [-0.3, -0.25) is 24.6 Å². The highest BCUT2D eigenvalue weighted by Gasteiger charge is 2.74. The van der Waals surface area contributed by atoms with E-state index in [1.807, 2.05) is 13.0 Å². The van der Waals surface area contributed by atoms with Crippen LogP contribution in [0.15, 0.2) is 41.7 Å². The zero-order valence-electron chi connectivity index (χ0n) is 22.2. The number of aliphatic hydroxyl groups is 2. The van der Waals surface area contributed by atoms with E-state index < -0.39 is 63.8 Å². The molecule has 4 aliphatic heterocycles. The molecular formula is C25H28Cl3N7O7. The van der Waals surface area contributed by atoms with Crippen molar-refractivity contribution in [1.82, 2.24) is 31.1 Å². The minimum atomic E-state index is -2.73. The predicted molar refractivity (Wildman–Crippen MR) is 150 cm³/mol. The second-order valence-electron chi connectivity index (χ2n) is 10.5. The standard InChI is InChI=1S/C25H28Cl3N7O7/c1-12-4-3-5-14(8-12)20(38)31-16-10-35-21(32-22(39)42-11-23(26,27)28)30-15(9-34-17(36)6-7-18(34)37)19-24(35,25(16,40)41)33-13(2)29-19/h3-5,8,15-16,19,29,33,40-41H,2,6-7,9-11H2,1H3,(H,31,38)(H,30,32,39)/t15-,16?,19-,24?/m0/s1. The van der Waals surface area contributed by atoms with Gasteiger partial charge in [0.2, 0.25) is 27.4 Å². The molecule has 0 bridgehead atoms. The van der Waals surface area contributed by atoms with E-state index in [9.17, 15) is 29.4 Å². The lowest BCUT2D eigenvalue weighted by Gasteiger charge is -2.49. The van der Waals surface area contributed by atoms with Crippen LogP contribution in [-0.2, 0) is 14.3 Å². The molecule has 0 aliphatic carbocycles. The Kier molecular flexibility index (Phi) is 7.73. The Bertz CT molecular complexity index is 1370. The molecule has 42 heavy (non-hydrogen) atoms. The molecule has 1 spiro atoms. The lowest BCUT2D eigenvalue weighted by atomic mass is 9.85. The van der Waals surface area contributed by atoms with Crippen LogP contribution in [0, 0.1) is 6.92 Å². The number of aryl methyl sites for hydroxylation is 1. The minimum absolute atomic E-state index is 0.0288. The van der Waals surface area contributed by atoms with Crippen molar-refractivity contribution in [2.75, 3.05) is 19.7 Å². The summed E-state index contributed by atoms with van der Waals surface area (Å²) in [7, 11) is 0. The molecule has 3 saturated heterocycles. The van der Waals surface area contributed by atoms with Crippen LogP contribution < -0.4 is 21.3 Å². The molecule has 2 unspecified atom stereocenters. The Morgan fingerprint density at radius 1 is 1.24 bits per heavy atom. The topological polar surface area (TPSA) is 185 Å². The van der Waals surface area contributed by atoms with Gasteiger partial charge in [-0.15, -0.1) is 0 Å². The number of ether oxygens (including phenoxy) is 1. The fourth-order valence-electron chi connectivity index (χ4n) is 5.75. The number of nitrogens with zero attached hydrogens (tertiary/aromatic N) is 3. The number of nitrogens with one attached hydrogen (secondary N) is 4. The van der Waals surface area contributed by atoms with Crippen LogP contribution >= 0.6 is 34.8 Å². The van der Waals surface area contributed by atoms with Crippen LogP contribution in [0.4, 0.5) is 4.79 Å². The third kappa shape index (κ3) is 5.33. The zero-order chi connectivity index (χ0) is 30.6. The molecule has 4 amide bonds. The highest BCUT2D eigenvalue weighted by atomic mass is 35.6. The smallest absolute Gasteiger partial charge is 0.414 e. The molecule has 226 valence electrons. The third-order valence-electron chi connectivity index (χ3n) is 7.58. The molecule has 0 aromatic heterocycles. The van der Waals surface area contributed by atoms with Crippen molar-refractivity contribution < 1.29 is 34.1 Å². The number of carbonyl (C=O) groups excluding carboxylic acids is 4. The molecule has 3 fully saturated rings. The fraction of sp³-hybridized carbons (Fsp3) is 0.480. The van der Waals surface area contributed by atoms with Gasteiger partial charge in [-0.2, -0.15) is 0 Å². The van der Waals surface area contributed by atoms with Gasteiger partial charge in [-0.05, 0) is 19.1 Å². The number of imide groups is 1. The van der Waals surface area contributed by atoms with Crippen LogP contribution in [0.3, 0.4) is 0 Å². The summed E-state index contributed by atoms with van der Waals surface area (Å²) in [6, 6.07) is 3.35. The largest absolute Gasteiger partial charge is 0.445 e. The van der Waals surface area contributed by atoms with Crippen LogP contribution in [0.5, 0.6) is 0 Å². The Morgan fingerprint density at radius 2 is 1.93 bits per heavy atom. The van der Waals surface area contributed by atoms with E-state index in [-0.39, 0.29) is 43.3 Å². The Balaban J connectivity index is 1.51. The average Bonchev–Trinajstić information content (AvgIpc) is 3.49. The number of carbonyl (C=O) groups is 4. The van der Waals surface area contributed by atoms with Gasteiger partial charge in [0.05, 0.1) is 24.4 Å². The summed E-state index contributed by atoms with van der Waals surface area (Å²) in [6.45, 7) is 4.56. The fourth-order valence-corrected chi connectivity index (χ4v) is 5.91. The van der Waals surface area contributed by atoms with Gasteiger partial charge in [0.15, 0.2) is 5.66 Å². The number of halogens is 3. The average molecular weight is 645 g/mol. The Labute approximate surface area is 255 Å². The van der Waals surface area contributed by atoms with Gasteiger partial charge in [0.25, 0.3) is 5.91 Å². The zero-order valence-corrected chi connectivity index (χ0v) is 24.5. The molecule has 4 heterocycles. The summed E-state index contributed by atoms with van der Waals surface area (Å²) in [5.41, 5.74) is -0.786. The molecule has 17 heteroatoms. The maximum atomic E-state index is 13.2. The number of hydrogen-bond acceptors (Lipinski definition) is 11. The molecular weight excluding hydrogens is 617 g/mol. The number of aliphatic imine (C=N–C) groups is 1. The van der Waals surface area contributed by atoms with E-state index in [0.717, 1.165) is 10.5 Å². The summed E-state index contributed by atoms with van der Waals surface area (Å²) in [5.74, 6) is -4.18. The van der Waals surface area contributed by atoms with Crippen molar-refractivity contribution in [3.8, 4) is 0 Å². The van der Waals surface area contributed by atoms with E-state index in [1.54, 1.807) is 18.2 Å². The van der Waals surface area contributed by atoms with Crippen molar-refractivity contribution in [1.29, 1.82) is 0 Å². The predicted octanol–water partition coefficient (Wildman–Crippen LogP) is -0.198. The van der Waals surface area contributed by atoms with E-state index >= 15 is 0 Å². The SMILES string of the molecule is C=C1N[C@H]2[C@H](CN3C(=O)CCC3=O)N=C(NC(=O)OCC(Cl)(Cl)Cl)N3CC(NC(=O)c4cccc(C)c4)C(O)(O)C23N1. The summed E-state index contributed by atoms with van der Waals surface area (Å²) >= 11 is 17.1. The summed E-state index contributed by atoms with van der Waals surface area (Å²) in [6.07, 6.45) is -1.03. The number of likely N-dealkylation sites (tertiary alicyclic amines) is 1. The van der Waals surface area contributed by atoms with Gasteiger partial charge in [0, 0.05) is 24.9 Å². The highest BCUT2D eigenvalue weighted by Crippen LogP contribution is 2.45. The highest BCUT2D eigenvalue weighted by molar-refractivity contribution is 6.67. The Hall–Kier alpha value is -3.30. The first-order chi connectivity index (χ1) is 19.6. The maximum absolute atomic E-state index is 13.2. The molecule has 4 atom stereocenters. The molecule has 4 aliphatic rings. The first kappa shape index (κ1) is 30.2. The monoisotopic (exact) mass is 643 g/mol. The number of alkyl halides is 3. The van der Waals surface area contributed by atoms with Crippen molar-refractivity contribution >= 4 is 64.6 Å². The van der Waals surface area contributed by atoms with E-state index in [2.05, 4.69) is 32.8 Å². The van der Waals surface area contributed by atoms with Crippen LogP contribution in [-0.4, -0.2) is 103 Å².